The summed E-state index contributed by atoms with van der Waals surface area (Å²) < 4.78 is 37.9. The maximum absolute atomic E-state index is 13.2. The van der Waals surface area contributed by atoms with Gasteiger partial charge in [0, 0.05) is 17.6 Å². The number of benzene rings is 2. The summed E-state index contributed by atoms with van der Waals surface area (Å²) in [6.07, 6.45) is 3.50. The van der Waals surface area contributed by atoms with Gasteiger partial charge in [-0.25, -0.2) is 17.9 Å². The van der Waals surface area contributed by atoms with E-state index in [0.29, 0.717) is 28.4 Å². The zero-order chi connectivity index (χ0) is 21.5. The Balaban J connectivity index is 1.67. The number of amides is 1. The number of nitrogens with two attached hydrogens (primary N) is 1. The van der Waals surface area contributed by atoms with Gasteiger partial charge in [-0.3, -0.25) is 4.79 Å². The second-order valence-electron chi connectivity index (χ2n) is 6.68. The molecular weight excluding hydrogens is 407 g/mol. The van der Waals surface area contributed by atoms with Gasteiger partial charge in [-0.1, -0.05) is 0 Å². The quantitative estimate of drug-likeness (QED) is 0.652. The van der Waals surface area contributed by atoms with Gasteiger partial charge in [-0.15, -0.1) is 0 Å². The van der Waals surface area contributed by atoms with Gasteiger partial charge in [0.05, 0.1) is 21.9 Å². The van der Waals surface area contributed by atoms with Crippen molar-refractivity contribution in [2.75, 3.05) is 5.01 Å². The van der Waals surface area contributed by atoms with E-state index >= 15 is 0 Å². The minimum Gasteiger partial charge on any atom is -0.317 e. The molecule has 0 unspecified atom stereocenters. The summed E-state index contributed by atoms with van der Waals surface area (Å²) in [4.78, 5) is 12.9. The molecule has 0 fully saturated rings. The predicted octanol–water partition coefficient (Wildman–Crippen LogP) is 3.07. The predicted molar refractivity (Wildman–Crippen MR) is 112 cm³/mol. The Labute approximate surface area is 172 Å². The molecule has 1 aromatic heterocycles. The zero-order valence-corrected chi connectivity index (χ0v) is 16.7. The van der Waals surface area contributed by atoms with Crippen molar-refractivity contribution in [3.63, 3.8) is 0 Å². The normalized spacial score (nSPS) is 15.7. The minimum absolute atomic E-state index is 0.0159. The van der Waals surface area contributed by atoms with Gasteiger partial charge >= 0.3 is 0 Å². The molecule has 0 aliphatic carbocycles. The molecule has 2 N–H and O–H groups in total. The van der Waals surface area contributed by atoms with E-state index in [0.717, 1.165) is 0 Å². The molecular formula is C21H17FN4O3S. The van der Waals surface area contributed by atoms with E-state index in [1.54, 1.807) is 35.9 Å². The highest BCUT2D eigenvalue weighted by Crippen LogP contribution is 2.26. The summed E-state index contributed by atoms with van der Waals surface area (Å²) in [6, 6.07) is 15.2. The first-order valence-electron chi connectivity index (χ1n) is 8.92. The topological polar surface area (TPSA) is 97.8 Å². The Morgan fingerprint density at radius 2 is 1.63 bits per heavy atom. The average Bonchev–Trinajstić information content (AvgIpc) is 3.28. The highest BCUT2D eigenvalue weighted by molar-refractivity contribution is 7.89. The van der Waals surface area contributed by atoms with Gasteiger partial charge < -0.3 is 4.57 Å². The van der Waals surface area contributed by atoms with E-state index in [4.69, 9.17) is 5.14 Å². The molecule has 1 amide bonds. The Bertz CT molecular complexity index is 1290. The van der Waals surface area contributed by atoms with Crippen LogP contribution in [0.3, 0.4) is 0 Å². The van der Waals surface area contributed by atoms with Crippen LogP contribution in [0.25, 0.3) is 11.8 Å². The molecule has 0 atom stereocenters. The molecule has 4 rings (SSSR count). The lowest BCUT2D eigenvalue weighted by molar-refractivity contribution is -0.114. The number of carbonyl (C=O) groups excluding carboxylic acids is 1. The number of anilines is 1. The van der Waals surface area contributed by atoms with Crippen LogP contribution >= 0.6 is 0 Å². The van der Waals surface area contributed by atoms with Crippen LogP contribution in [-0.2, 0) is 14.8 Å². The Hall–Kier alpha value is -3.56. The van der Waals surface area contributed by atoms with Gasteiger partial charge in [0.25, 0.3) is 5.91 Å². The number of hydrogen-bond acceptors (Lipinski definition) is 4. The highest BCUT2D eigenvalue weighted by Gasteiger charge is 2.29. The number of carbonyl (C=O) groups is 1. The zero-order valence-electron chi connectivity index (χ0n) is 15.9. The third kappa shape index (κ3) is 3.68. The highest BCUT2D eigenvalue weighted by atomic mass is 32.2. The lowest BCUT2D eigenvalue weighted by Gasteiger charge is -2.11. The van der Waals surface area contributed by atoms with Gasteiger partial charge in [0.15, 0.2) is 0 Å². The first kappa shape index (κ1) is 19.7. The number of aromatic nitrogens is 1. The monoisotopic (exact) mass is 424 g/mol. The Morgan fingerprint density at radius 1 is 1.00 bits per heavy atom. The third-order valence-electron chi connectivity index (χ3n) is 4.65. The van der Waals surface area contributed by atoms with E-state index < -0.39 is 15.8 Å². The van der Waals surface area contributed by atoms with Crippen molar-refractivity contribution in [3.05, 3.63) is 83.9 Å². The number of primary sulfonamides is 1. The van der Waals surface area contributed by atoms with Crippen LogP contribution in [0.5, 0.6) is 0 Å². The van der Waals surface area contributed by atoms with E-state index in [9.17, 15) is 17.6 Å². The SMILES string of the molecule is CC1=NN(c2ccc(F)cc2)C(=O)/C1=C\c1cccn1-c1ccc(S(N)(=O)=O)cc1. The van der Waals surface area contributed by atoms with Crippen molar-refractivity contribution in [1.82, 2.24) is 4.57 Å². The van der Waals surface area contributed by atoms with Crippen molar-refractivity contribution < 1.29 is 17.6 Å². The van der Waals surface area contributed by atoms with Crippen molar-refractivity contribution in [2.24, 2.45) is 10.2 Å². The standard InChI is InChI=1S/C21H17FN4O3S/c1-14-20(21(27)26(24-14)17-6-4-15(22)5-7-17)13-18-3-2-12-25(18)16-8-10-19(11-9-16)30(23,28)29/h2-13H,1H3,(H2,23,28,29)/b20-13-. The van der Waals surface area contributed by atoms with E-state index in [2.05, 4.69) is 5.10 Å². The number of hydrazone groups is 1. The maximum Gasteiger partial charge on any atom is 0.280 e. The van der Waals surface area contributed by atoms with Gasteiger partial charge in [-0.2, -0.15) is 10.1 Å². The first-order valence-corrected chi connectivity index (χ1v) is 10.5. The number of nitrogens with zero attached hydrogens (tertiary/aromatic N) is 3. The number of rotatable bonds is 4. The van der Waals surface area contributed by atoms with Gasteiger partial charge in [0.1, 0.15) is 5.82 Å². The van der Waals surface area contributed by atoms with E-state index in [1.807, 2.05) is 12.1 Å². The van der Waals surface area contributed by atoms with Crippen LogP contribution in [0, 0.1) is 5.82 Å². The molecule has 1 aliphatic heterocycles. The molecule has 1 aliphatic rings. The molecule has 2 heterocycles. The Morgan fingerprint density at radius 3 is 2.27 bits per heavy atom. The van der Waals surface area contributed by atoms with Crippen LogP contribution in [0.15, 0.2) is 82.4 Å². The maximum atomic E-state index is 13.2. The summed E-state index contributed by atoms with van der Waals surface area (Å²) in [5.41, 5.74) is 2.81. The molecule has 30 heavy (non-hydrogen) atoms. The van der Waals surface area contributed by atoms with Crippen molar-refractivity contribution in [3.8, 4) is 5.69 Å². The summed E-state index contributed by atoms with van der Waals surface area (Å²) >= 11 is 0. The fraction of sp³-hybridized carbons (Fsp3) is 0.0476. The first-order chi connectivity index (χ1) is 14.2. The molecule has 3 aromatic rings. The van der Waals surface area contributed by atoms with Crippen LogP contribution in [-0.4, -0.2) is 24.6 Å². The molecule has 0 spiro atoms. The number of halogens is 1. The average molecular weight is 424 g/mol. The molecule has 0 saturated heterocycles. The van der Waals surface area contributed by atoms with Crippen LogP contribution < -0.4 is 10.1 Å². The summed E-state index contributed by atoms with van der Waals surface area (Å²) in [5.74, 6) is -0.718. The second-order valence-corrected chi connectivity index (χ2v) is 8.24. The molecule has 0 bridgehead atoms. The van der Waals surface area contributed by atoms with Gasteiger partial charge in [0.2, 0.25) is 10.0 Å². The number of sulfonamides is 1. The van der Waals surface area contributed by atoms with Crippen LogP contribution in [0.1, 0.15) is 12.6 Å². The molecule has 9 heteroatoms. The van der Waals surface area contributed by atoms with E-state index in [1.165, 1.54) is 41.4 Å². The lowest BCUT2D eigenvalue weighted by atomic mass is 10.1. The molecule has 7 nitrogen and oxygen atoms in total. The third-order valence-corrected chi connectivity index (χ3v) is 5.58. The fourth-order valence-electron chi connectivity index (χ4n) is 3.13. The fourth-order valence-corrected chi connectivity index (χ4v) is 3.65. The molecule has 0 saturated carbocycles. The summed E-state index contributed by atoms with van der Waals surface area (Å²) in [7, 11) is -3.78. The van der Waals surface area contributed by atoms with Gasteiger partial charge in [-0.05, 0) is 73.7 Å². The summed E-state index contributed by atoms with van der Waals surface area (Å²) in [6.45, 7) is 1.72. The Kier molecular flexibility index (Phi) is 4.84. The summed E-state index contributed by atoms with van der Waals surface area (Å²) in [5, 5.41) is 10.7. The molecule has 0 radical (unpaired) electrons. The van der Waals surface area contributed by atoms with Crippen LogP contribution in [0.4, 0.5) is 10.1 Å². The van der Waals surface area contributed by atoms with Crippen molar-refractivity contribution in [2.45, 2.75) is 11.8 Å². The number of hydrogen-bond donors (Lipinski definition) is 1. The second kappa shape index (κ2) is 7.36. The van der Waals surface area contributed by atoms with Crippen molar-refractivity contribution in [1.29, 1.82) is 0 Å². The largest absolute Gasteiger partial charge is 0.317 e. The minimum atomic E-state index is -3.78. The van der Waals surface area contributed by atoms with E-state index in [-0.39, 0.29) is 10.8 Å². The molecule has 152 valence electrons. The molecule has 2 aromatic carbocycles. The van der Waals surface area contributed by atoms with Crippen LogP contribution in [0.2, 0.25) is 0 Å². The van der Waals surface area contributed by atoms with Crippen molar-refractivity contribution >= 4 is 33.4 Å². The smallest absolute Gasteiger partial charge is 0.280 e. The lowest BCUT2D eigenvalue weighted by Crippen LogP contribution is -2.21.